The highest BCUT2D eigenvalue weighted by molar-refractivity contribution is 7.91. The van der Waals surface area contributed by atoms with E-state index in [-0.39, 0.29) is 17.3 Å². The third-order valence-corrected chi connectivity index (χ3v) is 6.73. The molecule has 0 aliphatic carbocycles. The van der Waals surface area contributed by atoms with Crippen molar-refractivity contribution in [3.05, 3.63) is 29.8 Å². The summed E-state index contributed by atoms with van der Waals surface area (Å²) in [6, 6.07) is 7.67. The number of carbonyl (C=O) groups excluding carboxylic acids is 1. The Balaban J connectivity index is 1.75. The molecule has 0 bridgehead atoms. The summed E-state index contributed by atoms with van der Waals surface area (Å²) in [5.74, 6) is -0.916. The molecule has 1 fully saturated rings. The fourth-order valence-electron chi connectivity index (χ4n) is 3.63. The Morgan fingerprint density at radius 2 is 1.86 bits per heavy atom. The minimum absolute atomic E-state index is 0.00698. The topological polar surface area (TPSA) is 93.4 Å². The number of piperidine rings is 1. The Labute approximate surface area is 172 Å². The summed E-state index contributed by atoms with van der Waals surface area (Å²) < 4.78 is 30.8. The highest BCUT2D eigenvalue weighted by Crippen LogP contribution is 2.27. The number of nitrogens with zero attached hydrogens (tertiary/aromatic N) is 3. The molecule has 0 saturated carbocycles. The van der Waals surface area contributed by atoms with Crippen LogP contribution in [-0.4, -0.2) is 47.8 Å². The zero-order valence-corrected chi connectivity index (χ0v) is 18.3. The smallest absolute Gasteiger partial charge is 0.336 e. The minimum Gasteiger partial charge on any atom is -0.408 e. The first kappa shape index (κ1) is 21.5. The molecule has 0 spiro atoms. The summed E-state index contributed by atoms with van der Waals surface area (Å²) in [5, 5.41) is 7.06. The van der Waals surface area contributed by atoms with Crippen molar-refractivity contribution < 1.29 is 17.6 Å². The van der Waals surface area contributed by atoms with Gasteiger partial charge in [-0.3, -0.25) is 4.79 Å². The Morgan fingerprint density at radius 3 is 2.48 bits per heavy atom. The van der Waals surface area contributed by atoms with Gasteiger partial charge in [0, 0.05) is 18.2 Å². The molecule has 158 valence electrons. The van der Waals surface area contributed by atoms with E-state index in [2.05, 4.69) is 31.0 Å². The summed E-state index contributed by atoms with van der Waals surface area (Å²) in [5.41, 5.74) is 1.79. The first-order valence-electron chi connectivity index (χ1n) is 10.1. The van der Waals surface area contributed by atoms with Crippen molar-refractivity contribution >= 4 is 15.7 Å². The van der Waals surface area contributed by atoms with E-state index in [0.29, 0.717) is 12.1 Å². The molecule has 29 heavy (non-hydrogen) atoms. The molecule has 1 aromatic heterocycles. The molecule has 1 aromatic carbocycles. The second-order valence-corrected chi connectivity index (χ2v) is 10.5. The predicted octanol–water partition coefficient (Wildman–Crippen LogP) is 3.60. The molecule has 2 heterocycles. The molecule has 8 heteroatoms. The van der Waals surface area contributed by atoms with Crippen LogP contribution in [0.15, 0.2) is 33.9 Å². The Kier molecular flexibility index (Phi) is 6.12. The van der Waals surface area contributed by atoms with E-state index in [1.807, 2.05) is 31.2 Å². The number of hydrogen-bond acceptors (Lipinski definition) is 6. The summed E-state index contributed by atoms with van der Waals surface area (Å²) in [7, 11) is -3.99. The van der Waals surface area contributed by atoms with E-state index in [4.69, 9.17) is 4.42 Å². The fraction of sp³-hybridized carbons (Fsp3) is 0.571. The van der Waals surface area contributed by atoms with Crippen LogP contribution in [0.4, 0.5) is 0 Å². The van der Waals surface area contributed by atoms with Crippen molar-refractivity contribution in [3.8, 4) is 11.5 Å². The van der Waals surface area contributed by atoms with Gasteiger partial charge >= 0.3 is 5.22 Å². The van der Waals surface area contributed by atoms with Gasteiger partial charge < -0.3 is 9.32 Å². The van der Waals surface area contributed by atoms with Crippen molar-refractivity contribution in [3.63, 3.8) is 0 Å². The quantitative estimate of drug-likeness (QED) is 0.735. The fourth-order valence-corrected chi connectivity index (χ4v) is 4.61. The number of rotatable bonds is 5. The number of benzene rings is 1. The van der Waals surface area contributed by atoms with E-state index in [0.717, 1.165) is 31.2 Å². The highest BCUT2D eigenvalue weighted by atomic mass is 32.2. The molecule has 0 N–H and O–H groups in total. The Morgan fingerprint density at radius 1 is 1.17 bits per heavy atom. The van der Waals surface area contributed by atoms with Gasteiger partial charge in [0.05, 0.1) is 0 Å². The van der Waals surface area contributed by atoms with Crippen molar-refractivity contribution in [2.24, 2.45) is 0 Å². The lowest BCUT2D eigenvalue weighted by atomic mass is 9.87. The van der Waals surface area contributed by atoms with Crippen LogP contribution in [0.25, 0.3) is 11.5 Å². The van der Waals surface area contributed by atoms with E-state index in [1.54, 1.807) is 4.90 Å². The molecular weight excluding hydrogens is 390 g/mol. The molecule has 1 aliphatic rings. The summed E-state index contributed by atoms with van der Waals surface area (Å²) in [6.45, 7) is 8.95. The molecule has 3 rings (SSSR count). The molecule has 1 amide bonds. The van der Waals surface area contributed by atoms with Crippen molar-refractivity contribution in [2.75, 3.05) is 12.3 Å². The van der Waals surface area contributed by atoms with Crippen LogP contribution in [0.3, 0.4) is 0 Å². The van der Waals surface area contributed by atoms with Gasteiger partial charge in [0.25, 0.3) is 0 Å². The normalized spacial score (nSPS) is 18.1. The van der Waals surface area contributed by atoms with Crippen LogP contribution in [0.2, 0.25) is 0 Å². The van der Waals surface area contributed by atoms with Crippen molar-refractivity contribution in [1.82, 2.24) is 15.1 Å². The van der Waals surface area contributed by atoms with Gasteiger partial charge in [0.1, 0.15) is 5.75 Å². The maximum atomic E-state index is 12.7. The number of hydrogen-bond donors (Lipinski definition) is 0. The maximum Gasteiger partial charge on any atom is 0.336 e. The first-order chi connectivity index (χ1) is 13.6. The van der Waals surface area contributed by atoms with Gasteiger partial charge in [0.15, 0.2) is 0 Å². The number of carbonyl (C=O) groups is 1. The molecule has 2 aromatic rings. The third kappa shape index (κ3) is 4.86. The van der Waals surface area contributed by atoms with Gasteiger partial charge in [-0.2, -0.15) is 0 Å². The molecule has 1 unspecified atom stereocenters. The Bertz CT molecular complexity index is 959. The lowest BCUT2D eigenvalue weighted by Gasteiger charge is -2.35. The minimum atomic E-state index is -3.99. The lowest BCUT2D eigenvalue weighted by Crippen LogP contribution is -2.45. The second kappa shape index (κ2) is 8.26. The highest BCUT2D eigenvalue weighted by Gasteiger charge is 2.32. The molecule has 1 aliphatic heterocycles. The molecule has 7 nitrogen and oxygen atoms in total. The summed E-state index contributed by atoms with van der Waals surface area (Å²) >= 11 is 0. The van der Waals surface area contributed by atoms with Gasteiger partial charge in [0.2, 0.25) is 21.6 Å². The van der Waals surface area contributed by atoms with E-state index in [9.17, 15) is 13.2 Å². The summed E-state index contributed by atoms with van der Waals surface area (Å²) in [4.78, 5) is 14.3. The van der Waals surface area contributed by atoms with Gasteiger partial charge in [-0.25, -0.2) is 8.42 Å². The zero-order valence-electron chi connectivity index (χ0n) is 17.5. The molecule has 0 radical (unpaired) electrons. The van der Waals surface area contributed by atoms with Crippen LogP contribution >= 0.6 is 0 Å². The Hall–Kier alpha value is -2.22. The van der Waals surface area contributed by atoms with Crippen LogP contribution in [-0.2, 0) is 20.0 Å². The average Bonchev–Trinajstić information content (AvgIpc) is 3.18. The average molecular weight is 420 g/mol. The number of likely N-dealkylation sites (tertiary alicyclic amines) is 1. The van der Waals surface area contributed by atoms with Crippen molar-refractivity contribution in [1.29, 1.82) is 0 Å². The monoisotopic (exact) mass is 419 g/mol. The van der Waals surface area contributed by atoms with Crippen LogP contribution < -0.4 is 0 Å². The van der Waals surface area contributed by atoms with Gasteiger partial charge in [-0.05, 0) is 48.8 Å². The van der Waals surface area contributed by atoms with E-state index in [1.165, 1.54) is 0 Å². The SMILES string of the molecule is CCC1CCCCN1C(=O)CS(=O)(=O)c1nnc(-c2ccc(C(C)(C)C)cc2)o1. The first-order valence-corrected chi connectivity index (χ1v) is 11.7. The largest absolute Gasteiger partial charge is 0.408 e. The molecule has 1 saturated heterocycles. The van der Waals surface area contributed by atoms with Gasteiger partial charge in [-0.15, -0.1) is 5.10 Å². The summed E-state index contributed by atoms with van der Waals surface area (Å²) in [6.07, 6.45) is 3.70. The third-order valence-electron chi connectivity index (χ3n) is 5.40. The maximum absolute atomic E-state index is 12.7. The predicted molar refractivity (Wildman–Crippen MR) is 110 cm³/mol. The molecular formula is C21H29N3O4S. The lowest BCUT2D eigenvalue weighted by molar-refractivity contribution is -0.132. The second-order valence-electron chi connectivity index (χ2n) is 8.60. The van der Waals surface area contributed by atoms with E-state index >= 15 is 0 Å². The van der Waals surface area contributed by atoms with Crippen LogP contribution in [0, 0.1) is 0 Å². The number of aromatic nitrogens is 2. The van der Waals surface area contributed by atoms with Gasteiger partial charge in [-0.1, -0.05) is 44.9 Å². The zero-order chi connectivity index (χ0) is 21.2. The van der Waals surface area contributed by atoms with E-state index < -0.39 is 26.7 Å². The molecule has 1 atom stereocenters. The number of amides is 1. The standard InChI is InChI=1S/C21H29N3O4S/c1-5-17-8-6-7-13-24(17)18(25)14-29(26,27)20-23-22-19(28-20)15-9-11-16(12-10-15)21(2,3)4/h9-12,17H,5-8,13-14H2,1-4H3. The van der Waals surface area contributed by atoms with Crippen LogP contribution in [0.1, 0.15) is 58.9 Å². The number of sulfone groups is 1. The van der Waals surface area contributed by atoms with Crippen molar-refractivity contribution in [2.45, 2.75) is 70.1 Å². The van der Waals surface area contributed by atoms with Crippen LogP contribution in [0.5, 0.6) is 0 Å².